The zero-order valence-electron chi connectivity index (χ0n) is 9.04. The number of carbonyl (C=O) groups is 1. The fourth-order valence-corrected chi connectivity index (χ4v) is 3.17. The molecule has 0 spiro atoms. The number of amides is 1. The highest BCUT2D eigenvalue weighted by atomic mass is 32.1. The second-order valence-electron chi connectivity index (χ2n) is 4.37. The lowest BCUT2D eigenvalue weighted by Crippen LogP contribution is -2.58. The Bertz CT molecular complexity index is 464. The Balaban J connectivity index is 1.81. The van der Waals surface area contributed by atoms with E-state index in [0.717, 1.165) is 10.4 Å². The molecule has 1 aromatic heterocycles. The largest absolute Gasteiger partial charge is 0.376 e. The summed E-state index contributed by atoms with van der Waals surface area (Å²) in [5.74, 6) is -2.97. The number of thiophene rings is 1. The molecule has 0 N–H and O–H groups in total. The van der Waals surface area contributed by atoms with E-state index in [1.54, 1.807) is 5.38 Å². The van der Waals surface area contributed by atoms with Crippen molar-refractivity contribution < 1.29 is 18.3 Å². The topological polar surface area (TPSA) is 29.5 Å². The first-order valence-corrected chi connectivity index (χ1v) is 6.29. The van der Waals surface area contributed by atoms with Gasteiger partial charge in [-0.05, 0) is 12.0 Å². The van der Waals surface area contributed by atoms with E-state index < -0.39 is 19.0 Å². The maximum atomic E-state index is 12.7. The number of rotatable bonds is 1. The van der Waals surface area contributed by atoms with E-state index in [2.05, 4.69) is 0 Å². The van der Waals surface area contributed by atoms with Crippen LogP contribution in [0.3, 0.4) is 0 Å². The summed E-state index contributed by atoms with van der Waals surface area (Å²) in [4.78, 5) is 14.3. The lowest BCUT2D eigenvalue weighted by atomic mass is 10.0. The summed E-state index contributed by atoms with van der Waals surface area (Å²) in [6.45, 7) is 0.226. The average Bonchev–Trinajstić information content (AvgIpc) is 2.68. The van der Waals surface area contributed by atoms with Crippen molar-refractivity contribution in [3.63, 3.8) is 0 Å². The number of hydrogen-bond donors (Lipinski definition) is 0. The lowest BCUT2D eigenvalue weighted by Gasteiger charge is -2.38. The van der Waals surface area contributed by atoms with Crippen LogP contribution in [-0.2, 0) is 17.8 Å². The van der Waals surface area contributed by atoms with Crippen molar-refractivity contribution in [2.45, 2.75) is 19.0 Å². The Morgan fingerprint density at radius 2 is 2.24 bits per heavy atom. The van der Waals surface area contributed by atoms with Crippen LogP contribution in [0.2, 0.25) is 0 Å². The smallest absolute Gasteiger partial charge is 0.282 e. The fourth-order valence-electron chi connectivity index (χ4n) is 2.16. The molecule has 17 heavy (non-hydrogen) atoms. The highest BCUT2D eigenvalue weighted by Crippen LogP contribution is 2.32. The van der Waals surface area contributed by atoms with Crippen molar-refractivity contribution in [2.24, 2.45) is 0 Å². The Kier molecular flexibility index (Phi) is 2.45. The van der Waals surface area contributed by atoms with Gasteiger partial charge in [-0.2, -0.15) is 0 Å². The van der Waals surface area contributed by atoms with Crippen LogP contribution < -0.4 is 0 Å². The molecule has 1 amide bonds. The van der Waals surface area contributed by atoms with Gasteiger partial charge in [0.1, 0.15) is 0 Å². The molecule has 0 aliphatic carbocycles. The molecule has 0 bridgehead atoms. The zero-order valence-corrected chi connectivity index (χ0v) is 9.86. The monoisotopic (exact) mass is 259 g/mol. The second-order valence-corrected chi connectivity index (χ2v) is 5.34. The van der Waals surface area contributed by atoms with Crippen LogP contribution in [0.4, 0.5) is 8.78 Å². The molecular weight excluding hydrogens is 248 g/mol. The summed E-state index contributed by atoms with van der Waals surface area (Å²) in [6, 6.07) is 0. The van der Waals surface area contributed by atoms with Crippen LogP contribution in [-0.4, -0.2) is 36.4 Å². The van der Waals surface area contributed by atoms with Crippen molar-refractivity contribution >= 4 is 17.2 Å². The van der Waals surface area contributed by atoms with E-state index >= 15 is 0 Å². The Labute approximate surface area is 101 Å². The van der Waals surface area contributed by atoms with Gasteiger partial charge >= 0.3 is 0 Å². The van der Waals surface area contributed by atoms with Crippen molar-refractivity contribution in [2.75, 3.05) is 19.7 Å². The lowest BCUT2D eigenvalue weighted by molar-refractivity contribution is -0.113. The van der Waals surface area contributed by atoms with Gasteiger partial charge in [-0.15, -0.1) is 11.3 Å². The SMILES string of the molecule is O=C(c1csc2c1CCOC2)N1CC(F)(F)C1. The Morgan fingerprint density at radius 3 is 2.94 bits per heavy atom. The van der Waals surface area contributed by atoms with Crippen LogP contribution in [0.15, 0.2) is 5.38 Å². The molecule has 0 aromatic carbocycles. The van der Waals surface area contributed by atoms with Crippen LogP contribution in [0.1, 0.15) is 20.8 Å². The van der Waals surface area contributed by atoms with Crippen molar-refractivity contribution in [1.82, 2.24) is 4.90 Å². The number of fused-ring (bicyclic) bond motifs is 1. The number of ether oxygens (including phenoxy) is 1. The summed E-state index contributed by atoms with van der Waals surface area (Å²) < 4.78 is 30.7. The zero-order chi connectivity index (χ0) is 12.0. The van der Waals surface area contributed by atoms with E-state index in [1.807, 2.05) is 0 Å². The number of nitrogens with zero attached hydrogens (tertiary/aromatic N) is 1. The summed E-state index contributed by atoms with van der Waals surface area (Å²) in [7, 11) is 0. The first-order chi connectivity index (χ1) is 8.07. The molecule has 2 aliphatic rings. The van der Waals surface area contributed by atoms with Gasteiger partial charge in [0.2, 0.25) is 0 Å². The molecule has 92 valence electrons. The molecule has 0 atom stereocenters. The standard InChI is InChI=1S/C11H11F2NO2S/c12-11(13)5-14(6-11)10(15)8-4-17-9-3-16-2-1-7(8)9/h4H,1-3,5-6H2. The summed E-state index contributed by atoms with van der Waals surface area (Å²) >= 11 is 1.47. The maximum absolute atomic E-state index is 12.7. The van der Waals surface area contributed by atoms with E-state index in [9.17, 15) is 13.6 Å². The summed E-state index contributed by atoms with van der Waals surface area (Å²) in [6.07, 6.45) is 0.699. The van der Waals surface area contributed by atoms with Crippen molar-refractivity contribution in [3.05, 3.63) is 21.4 Å². The molecule has 0 radical (unpaired) electrons. The number of hydrogen-bond acceptors (Lipinski definition) is 3. The Hall–Kier alpha value is -1.01. The van der Waals surface area contributed by atoms with Crippen molar-refractivity contribution in [1.29, 1.82) is 0 Å². The minimum Gasteiger partial charge on any atom is -0.376 e. The quantitative estimate of drug-likeness (QED) is 0.771. The third-order valence-electron chi connectivity index (χ3n) is 3.07. The summed E-state index contributed by atoms with van der Waals surface area (Å²) in [5, 5.41) is 1.76. The highest BCUT2D eigenvalue weighted by molar-refractivity contribution is 7.10. The third-order valence-corrected chi connectivity index (χ3v) is 4.07. The Morgan fingerprint density at radius 1 is 1.47 bits per heavy atom. The third kappa shape index (κ3) is 1.85. The maximum Gasteiger partial charge on any atom is 0.282 e. The molecule has 3 heterocycles. The van der Waals surface area contributed by atoms with Gasteiger partial charge in [-0.1, -0.05) is 0 Å². The molecular formula is C11H11F2NO2S. The van der Waals surface area contributed by atoms with Gasteiger partial charge in [-0.25, -0.2) is 8.78 Å². The first-order valence-electron chi connectivity index (χ1n) is 5.41. The fraction of sp³-hybridized carbons (Fsp3) is 0.545. The predicted molar refractivity (Wildman–Crippen MR) is 58.5 cm³/mol. The molecule has 2 aliphatic heterocycles. The van der Waals surface area contributed by atoms with Gasteiger partial charge < -0.3 is 9.64 Å². The van der Waals surface area contributed by atoms with Crippen LogP contribution in [0.5, 0.6) is 0 Å². The number of likely N-dealkylation sites (tertiary alicyclic amines) is 1. The molecule has 1 saturated heterocycles. The number of carbonyl (C=O) groups excluding carboxylic acids is 1. The molecule has 0 saturated carbocycles. The molecule has 6 heteroatoms. The minimum absolute atomic E-state index is 0.268. The van der Waals surface area contributed by atoms with Crippen molar-refractivity contribution in [3.8, 4) is 0 Å². The normalized spacial score (nSPS) is 21.9. The summed E-state index contributed by atoms with van der Waals surface area (Å²) in [5.41, 5.74) is 1.57. The molecule has 3 rings (SSSR count). The van der Waals surface area contributed by atoms with E-state index in [1.165, 1.54) is 16.2 Å². The van der Waals surface area contributed by atoms with Gasteiger partial charge in [0.25, 0.3) is 11.8 Å². The molecule has 3 nitrogen and oxygen atoms in total. The van der Waals surface area contributed by atoms with E-state index in [-0.39, 0.29) is 5.91 Å². The van der Waals surface area contributed by atoms with Crippen LogP contribution in [0.25, 0.3) is 0 Å². The molecule has 1 aromatic rings. The number of halogens is 2. The molecule has 1 fully saturated rings. The average molecular weight is 259 g/mol. The van der Waals surface area contributed by atoms with Gasteiger partial charge in [0, 0.05) is 10.3 Å². The number of alkyl halides is 2. The first kappa shape index (κ1) is 11.1. The van der Waals surface area contributed by atoms with Crippen LogP contribution >= 0.6 is 11.3 Å². The van der Waals surface area contributed by atoms with Gasteiger partial charge in [-0.3, -0.25) is 4.79 Å². The minimum atomic E-state index is -2.70. The van der Waals surface area contributed by atoms with E-state index in [0.29, 0.717) is 25.2 Å². The second kappa shape index (κ2) is 3.74. The van der Waals surface area contributed by atoms with Gasteiger partial charge in [0.15, 0.2) is 0 Å². The van der Waals surface area contributed by atoms with E-state index in [4.69, 9.17) is 4.74 Å². The van der Waals surface area contributed by atoms with Crippen LogP contribution in [0, 0.1) is 0 Å². The van der Waals surface area contributed by atoms with Gasteiger partial charge in [0.05, 0.1) is 31.9 Å². The molecule has 0 unspecified atom stereocenters. The predicted octanol–water partition coefficient (Wildman–Crippen LogP) is 1.91. The highest BCUT2D eigenvalue weighted by Gasteiger charge is 2.46.